The minimum Gasteiger partial charge on any atom is -0.486 e. The summed E-state index contributed by atoms with van der Waals surface area (Å²) in [6.45, 7) is 9.34. The molecule has 4 heteroatoms. The van der Waals surface area contributed by atoms with E-state index in [1.165, 1.54) is 0 Å². The summed E-state index contributed by atoms with van der Waals surface area (Å²) in [5, 5.41) is 0. The second kappa shape index (κ2) is 6.48. The molecule has 1 amide bonds. The minimum atomic E-state index is -0.0260. The second-order valence-corrected chi connectivity index (χ2v) is 6.34. The van der Waals surface area contributed by atoms with Crippen molar-refractivity contribution in [3.8, 4) is 5.75 Å². The van der Waals surface area contributed by atoms with Gasteiger partial charge >= 0.3 is 0 Å². The Hall–Kier alpha value is -1.55. The van der Waals surface area contributed by atoms with Gasteiger partial charge in [0, 0.05) is 5.92 Å². The average molecular weight is 290 g/mol. The van der Waals surface area contributed by atoms with E-state index in [0.29, 0.717) is 19.0 Å². The number of nitrogens with two attached hydrogens (primary N) is 1. The lowest BCUT2D eigenvalue weighted by Crippen LogP contribution is -2.47. The number of hydrogen-bond donors (Lipinski definition) is 1. The molecule has 0 aromatic heterocycles. The number of rotatable bonds is 4. The number of anilines is 1. The molecule has 1 aliphatic heterocycles. The molecular weight excluding hydrogens is 264 g/mol. The van der Waals surface area contributed by atoms with Crippen LogP contribution in [-0.4, -0.2) is 25.1 Å². The van der Waals surface area contributed by atoms with Gasteiger partial charge in [0.05, 0.1) is 12.2 Å². The molecule has 0 saturated carbocycles. The molecule has 1 atom stereocenters. The van der Waals surface area contributed by atoms with E-state index in [4.69, 9.17) is 10.5 Å². The molecule has 1 aliphatic rings. The fourth-order valence-electron chi connectivity index (χ4n) is 2.54. The molecule has 1 aromatic carbocycles. The SMILES string of the molecule is CC(C)C(=O)N1CC(C(C)C)Oc2ccc(CCN)cc21. The van der Waals surface area contributed by atoms with E-state index in [1.54, 1.807) is 0 Å². The number of fused-ring (bicyclic) bond motifs is 1. The monoisotopic (exact) mass is 290 g/mol. The van der Waals surface area contributed by atoms with Crippen molar-refractivity contribution < 1.29 is 9.53 Å². The molecule has 0 fully saturated rings. The first-order valence-electron chi connectivity index (χ1n) is 7.75. The summed E-state index contributed by atoms with van der Waals surface area (Å²) >= 11 is 0. The molecular formula is C17H26N2O2. The zero-order valence-corrected chi connectivity index (χ0v) is 13.4. The Morgan fingerprint density at radius 3 is 2.67 bits per heavy atom. The summed E-state index contributed by atoms with van der Waals surface area (Å²) < 4.78 is 6.06. The number of carbonyl (C=O) groups excluding carboxylic acids is 1. The topological polar surface area (TPSA) is 55.6 Å². The summed E-state index contributed by atoms with van der Waals surface area (Å²) in [5.41, 5.74) is 7.66. The lowest BCUT2D eigenvalue weighted by Gasteiger charge is -2.37. The van der Waals surface area contributed by atoms with Crippen molar-refractivity contribution in [1.82, 2.24) is 0 Å². The molecule has 2 rings (SSSR count). The van der Waals surface area contributed by atoms with E-state index in [0.717, 1.165) is 23.4 Å². The van der Waals surface area contributed by atoms with Crippen LogP contribution in [0.25, 0.3) is 0 Å². The van der Waals surface area contributed by atoms with Crippen molar-refractivity contribution in [3.63, 3.8) is 0 Å². The zero-order chi connectivity index (χ0) is 15.6. The molecule has 0 bridgehead atoms. The van der Waals surface area contributed by atoms with Gasteiger partial charge in [-0.25, -0.2) is 0 Å². The van der Waals surface area contributed by atoms with E-state index < -0.39 is 0 Å². The highest BCUT2D eigenvalue weighted by Crippen LogP contribution is 2.36. The Morgan fingerprint density at radius 2 is 2.10 bits per heavy atom. The predicted molar refractivity (Wildman–Crippen MR) is 85.6 cm³/mol. The van der Waals surface area contributed by atoms with Crippen molar-refractivity contribution >= 4 is 11.6 Å². The first kappa shape index (κ1) is 15.8. The molecule has 1 unspecified atom stereocenters. The largest absolute Gasteiger partial charge is 0.486 e. The number of carbonyl (C=O) groups is 1. The minimum absolute atomic E-state index is 0.0260. The van der Waals surface area contributed by atoms with Crippen molar-refractivity contribution in [3.05, 3.63) is 23.8 Å². The Kier molecular flexibility index (Phi) is 4.88. The number of ether oxygens (including phenoxy) is 1. The Bertz CT molecular complexity index is 512. The number of amides is 1. The van der Waals surface area contributed by atoms with Gasteiger partial charge in [-0.1, -0.05) is 33.8 Å². The summed E-state index contributed by atoms with van der Waals surface area (Å²) in [7, 11) is 0. The molecule has 116 valence electrons. The molecule has 2 N–H and O–H groups in total. The van der Waals surface area contributed by atoms with E-state index in [-0.39, 0.29) is 17.9 Å². The highest BCUT2D eigenvalue weighted by molar-refractivity contribution is 5.96. The molecule has 0 aliphatic carbocycles. The first-order chi connectivity index (χ1) is 9.93. The third kappa shape index (κ3) is 3.38. The number of hydrogen-bond acceptors (Lipinski definition) is 3. The van der Waals surface area contributed by atoms with Crippen LogP contribution in [-0.2, 0) is 11.2 Å². The van der Waals surface area contributed by atoms with Crippen molar-refractivity contribution in [1.29, 1.82) is 0 Å². The van der Waals surface area contributed by atoms with Crippen LogP contribution in [0.1, 0.15) is 33.3 Å². The average Bonchev–Trinajstić information content (AvgIpc) is 2.45. The zero-order valence-electron chi connectivity index (χ0n) is 13.4. The van der Waals surface area contributed by atoms with Gasteiger partial charge in [-0.3, -0.25) is 4.79 Å². The molecule has 4 nitrogen and oxygen atoms in total. The summed E-state index contributed by atoms with van der Waals surface area (Å²) in [6.07, 6.45) is 0.852. The van der Waals surface area contributed by atoms with Crippen molar-refractivity contribution in [2.75, 3.05) is 18.0 Å². The maximum atomic E-state index is 12.5. The van der Waals surface area contributed by atoms with Crippen LogP contribution in [0.15, 0.2) is 18.2 Å². The van der Waals surface area contributed by atoms with Gasteiger partial charge in [-0.15, -0.1) is 0 Å². The Balaban J connectivity index is 2.40. The maximum absolute atomic E-state index is 12.5. The van der Waals surface area contributed by atoms with Crippen LogP contribution in [0.3, 0.4) is 0 Å². The quantitative estimate of drug-likeness (QED) is 0.927. The van der Waals surface area contributed by atoms with E-state index in [2.05, 4.69) is 13.8 Å². The van der Waals surface area contributed by atoms with E-state index in [9.17, 15) is 4.79 Å². The number of nitrogens with zero attached hydrogens (tertiary/aromatic N) is 1. The molecule has 1 heterocycles. The van der Waals surface area contributed by atoms with E-state index in [1.807, 2.05) is 36.9 Å². The van der Waals surface area contributed by atoms with Gasteiger partial charge < -0.3 is 15.4 Å². The first-order valence-corrected chi connectivity index (χ1v) is 7.75. The van der Waals surface area contributed by atoms with Crippen LogP contribution in [0, 0.1) is 11.8 Å². The van der Waals surface area contributed by atoms with Gasteiger partial charge in [-0.2, -0.15) is 0 Å². The van der Waals surface area contributed by atoms with Gasteiger partial charge in [0.1, 0.15) is 11.9 Å². The van der Waals surface area contributed by atoms with Gasteiger partial charge in [0.25, 0.3) is 0 Å². The lowest BCUT2D eigenvalue weighted by atomic mass is 10.0. The molecule has 1 aromatic rings. The summed E-state index contributed by atoms with van der Waals surface area (Å²) in [6, 6.07) is 6.04. The summed E-state index contributed by atoms with van der Waals surface area (Å²) in [5.74, 6) is 1.29. The van der Waals surface area contributed by atoms with Gasteiger partial charge in [0.2, 0.25) is 5.91 Å². The number of benzene rings is 1. The van der Waals surface area contributed by atoms with Crippen LogP contribution in [0.2, 0.25) is 0 Å². The van der Waals surface area contributed by atoms with Gasteiger partial charge in [0.15, 0.2) is 0 Å². The fourth-order valence-corrected chi connectivity index (χ4v) is 2.54. The molecule has 0 radical (unpaired) electrons. The molecule has 21 heavy (non-hydrogen) atoms. The third-order valence-electron chi connectivity index (χ3n) is 3.89. The lowest BCUT2D eigenvalue weighted by molar-refractivity contribution is -0.122. The van der Waals surface area contributed by atoms with Crippen LogP contribution in [0.4, 0.5) is 5.69 Å². The Morgan fingerprint density at radius 1 is 1.38 bits per heavy atom. The van der Waals surface area contributed by atoms with Crippen LogP contribution >= 0.6 is 0 Å². The highest BCUT2D eigenvalue weighted by atomic mass is 16.5. The van der Waals surface area contributed by atoms with Gasteiger partial charge in [-0.05, 0) is 36.6 Å². The van der Waals surface area contributed by atoms with Crippen LogP contribution < -0.4 is 15.4 Å². The van der Waals surface area contributed by atoms with E-state index >= 15 is 0 Å². The fraction of sp³-hybridized carbons (Fsp3) is 0.588. The smallest absolute Gasteiger partial charge is 0.229 e. The third-order valence-corrected chi connectivity index (χ3v) is 3.89. The standard InChI is InChI=1S/C17H26N2O2/c1-11(2)16-10-19(17(20)12(3)4)14-9-13(7-8-18)5-6-15(14)21-16/h5-6,9,11-12,16H,7-8,10,18H2,1-4H3. The summed E-state index contributed by atoms with van der Waals surface area (Å²) in [4.78, 5) is 14.4. The van der Waals surface area contributed by atoms with Crippen LogP contribution in [0.5, 0.6) is 5.75 Å². The molecule has 0 saturated heterocycles. The molecule has 0 spiro atoms. The maximum Gasteiger partial charge on any atom is 0.229 e. The normalized spacial score (nSPS) is 17.9. The van der Waals surface area contributed by atoms with Crippen molar-refractivity contribution in [2.45, 2.75) is 40.2 Å². The Labute approximate surface area is 127 Å². The predicted octanol–water partition coefficient (Wildman–Crippen LogP) is 2.59. The highest BCUT2D eigenvalue weighted by Gasteiger charge is 2.32. The second-order valence-electron chi connectivity index (χ2n) is 6.34. The van der Waals surface area contributed by atoms with Crippen molar-refractivity contribution in [2.24, 2.45) is 17.6 Å².